The first-order valence-electron chi connectivity index (χ1n) is 6.29. The summed E-state index contributed by atoms with van der Waals surface area (Å²) in [6, 6.07) is 0. The number of hydrogen-bond acceptors (Lipinski definition) is 3. The Morgan fingerprint density at radius 2 is 1.89 bits per heavy atom. The quantitative estimate of drug-likeness (QED) is 0.708. The molecule has 0 bridgehead atoms. The molecule has 18 heavy (non-hydrogen) atoms. The van der Waals surface area contributed by atoms with Crippen molar-refractivity contribution in [1.82, 2.24) is 9.78 Å². The second-order valence-electron chi connectivity index (χ2n) is 4.55. The third-order valence-electron chi connectivity index (χ3n) is 3.04. The van der Waals surface area contributed by atoms with Crippen LogP contribution in [0, 0.1) is 3.57 Å². The van der Waals surface area contributed by atoms with Gasteiger partial charge in [0, 0.05) is 0 Å². The highest BCUT2D eigenvalue weighted by Crippen LogP contribution is 2.18. The van der Waals surface area contributed by atoms with E-state index in [0.717, 1.165) is 24.2 Å². The normalized spacial score (nSPS) is 12.3. The van der Waals surface area contributed by atoms with Crippen LogP contribution >= 0.6 is 22.6 Å². The maximum Gasteiger partial charge on any atom is 0.154 e. The molecular weight excluding hydrogens is 363 g/mol. The first kappa shape index (κ1) is 15.9. The molecule has 0 unspecified atom stereocenters. The summed E-state index contributed by atoms with van der Waals surface area (Å²) >= 11 is 2.30. The van der Waals surface area contributed by atoms with Crippen molar-refractivity contribution in [3.63, 3.8) is 0 Å². The van der Waals surface area contributed by atoms with Crippen molar-refractivity contribution < 1.29 is 8.42 Å². The highest BCUT2D eigenvalue weighted by atomic mass is 127. The summed E-state index contributed by atoms with van der Waals surface area (Å²) in [6.07, 6.45) is 1.77. The number of aromatic nitrogens is 2. The van der Waals surface area contributed by atoms with Crippen molar-refractivity contribution in [3.8, 4) is 0 Å². The van der Waals surface area contributed by atoms with Gasteiger partial charge in [-0.3, -0.25) is 4.68 Å². The van der Waals surface area contributed by atoms with Gasteiger partial charge in [-0.15, -0.1) is 0 Å². The van der Waals surface area contributed by atoms with Crippen molar-refractivity contribution in [2.24, 2.45) is 0 Å². The molecule has 0 aliphatic carbocycles. The van der Waals surface area contributed by atoms with Gasteiger partial charge in [-0.25, -0.2) is 8.42 Å². The molecule has 0 saturated carbocycles. The number of aryl methyl sites for hydroxylation is 2. The Kier molecular flexibility index (Phi) is 5.64. The molecular formula is C12H21IN2O2S. The van der Waals surface area contributed by atoms with Gasteiger partial charge in [0.2, 0.25) is 0 Å². The van der Waals surface area contributed by atoms with Gasteiger partial charge in [0.25, 0.3) is 0 Å². The molecule has 1 aromatic heterocycles. The van der Waals surface area contributed by atoms with Crippen LogP contribution in [0.5, 0.6) is 0 Å². The number of rotatable bonds is 6. The zero-order chi connectivity index (χ0) is 13.9. The summed E-state index contributed by atoms with van der Waals surface area (Å²) in [7, 11) is -2.99. The molecule has 1 rings (SSSR count). The lowest BCUT2D eigenvalue weighted by molar-refractivity contribution is 0.565. The molecule has 1 heterocycles. The maximum absolute atomic E-state index is 11.8. The van der Waals surface area contributed by atoms with E-state index >= 15 is 0 Å². The Balaban J connectivity index is 2.92. The van der Waals surface area contributed by atoms with Crippen LogP contribution < -0.4 is 0 Å². The molecule has 0 amide bonds. The molecule has 0 fully saturated rings. The molecule has 0 aliphatic rings. The molecule has 0 saturated heterocycles. The number of hydrogen-bond donors (Lipinski definition) is 0. The minimum absolute atomic E-state index is 0.165. The van der Waals surface area contributed by atoms with Gasteiger partial charge in [0.1, 0.15) is 0 Å². The van der Waals surface area contributed by atoms with Crippen LogP contribution in [-0.2, 0) is 29.2 Å². The van der Waals surface area contributed by atoms with E-state index in [2.05, 4.69) is 41.5 Å². The average molecular weight is 384 g/mol. The van der Waals surface area contributed by atoms with Crippen LogP contribution in [0.3, 0.4) is 0 Å². The third-order valence-corrected chi connectivity index (χ3v) is 6.47. The lowest BCUT2D eigenvalue weighted by Crippen LogP contribution is -2.22. The molecule has 104 valence electrons. The molecule has 1 aromatic rings. The van der Waals surface area contributed by atoms with Gasteiger partial charge in [-0.1, -0.05) is 13.8 Å². The summed E-state index contributed by atoms with van der Waals surface area (Å²) in [5.41, 5.74) is 2.21. The van der Waals surface area contributed by atoms with Crippen molar-refractivity contribution in [2.75, 3.05) is 5.75 Å². The van der Waals surface area contributed by atoms with Gasteiger partial charge in [-0.05, 0) is 49.3 Å². The van der Waals surface area contributed by atoms with Crippen molar-refractivity contribution in [1.29, 1.82) is 0 Å². The van der Waals surface area contributed by atoms with E-state index in [9.17, 15) is 8.42 Å². The Labute approximate surface area is 123 Å². The fourth-order valence-electron chi connectivity index (χ4n) is 1.73. The highest BCUT2D eigenvalue weighted by Gasteiger charge is 2.18. The van der Waals surface area contributed by atoms with E-state index in [-0.39, 0.29) is 11.0 Å². The summed E-state index contributed by atoms with van der Waals surface area (Å²) in [4.78, 5) is 0. The van der Waals surface area contributed by atoms with Crippen molar-refractivity contribution in [2.45, 2.75) is 52.3 Å². The van der Waals surface area contributed by atoms with E-state index in [1.807, 2.05) is 4.68 Å². The minimum atomic E-state index is -2.99. The topological polar surface area (TPSA) is 52.0 Å². The van der Waals surface area contributed by atoms with Crippen molar-refractivity contribution >= 4 is 32.4 Å². The van der Waals surface area contributed by atoms with Crippen LogP contribution in [0.25, 0.3) is 0 Å². The summed E-state index contributed by atoms with van der Waals surface area (Å²) in [6.45, 7) is 8.05. The molecule has 0 N–H and O–H groups in total. The fraction of sp³-hybridized carbons (Fsp3) is 0.750. The molecule has 0 aromatic carbocycles. The SMILES string of the molecule is CCc1nn(CCS(=O)(=O)C(C)C)c(CC)c1I. The van der Waals surface area contributed by atoms with Crippen LogP contribution in [-0.4, -0.2) is 29.2 Å². The van der Waals surface area contributed by atoms with Crippen molar-refractivity contribution in [3.05, 3.63) is 15.0 Å². The van der Waals surface area contributed by atoms with Crippen LogP contribution in [0.4, 0.5) is 0 Å². The molecule has 0 aliphatic heterocycles. The Bertz CT molecular complexity index is 506. The molecule has 0 radical (unpaired) electrons. The summed E-state index contributed by atoms with van der Waals surface area (Å²) in [5, 5.41) is 4.19. The molecule has 0 spiro atoms. The van der Waals surface area contributed by atoms with Crippen LogP contribution in [0.2, 0.25) is 0 Å². The fourth-order valence-corrected chi connectivity index (χ4v) is 3.78. The third kappa shape index (κ3) is 3.46. The first-order chi connectivity index (χ1) is 8.33. The predicted molar refractivity (Wildman–Crippen MR) is 82.6 cm³/mol. The average Bonchev–Trinajstić information content (AvgIpc) is 2.62. The van der Waals surface area contributed by atoms with E-state index in [1.165, 1.54) is 3.57 Å². The Morgan fingerprint density at radius 3 is 2.33 bits per heavy atom. The summed E-state index contributed by atoms with van der Waals surface area (Å²) < 4.78 is 26.7. The van der Waals surface area contributed by atoms with Gasteiger partial charge < -0.3 is 0 Å². The number of sulfone groups is 1. The van der Waals surface area contributed by atoms with E-state index in [0.29, 0.717) is 6.54 Å². The van der Waals surface area contributed by atoms with Crippen LogP contribution in [0.15, 0.2) is 0 Å². The second kappa shape index (κ2) is 6.36. The largest absolute Gasteiger partial charge is 0.267 e. The maximum atomic E-state index is 11.8. The van der Waals surface area contributed by atoms with Gasteiger partial charge in [-0.2, -0.15) is 5.10 Å². The summed E-state index contributed by atoms with van der Waals surface area (Å²) in [5.74, 6) is 0.165. The Hall–Kier alpha value is -0.110. The van der Waals surface area contributed by atoms with E-state index in [4.69, 9.17) is 0 Å². The zero-order valence-electron chi connectivity index (χ0n) is 11.4. The standard InChI is InChI=1S/C12H21IN2O2S/c1-5-10-12(13)11(6-2)15(14-10)7-8-18(16,17)9(3)4/h9H,5-8H2,1-4H3. The molecule has 6 heteroatoms. The lowest BCUT2D eigenvalue weighted by Gasteiger charge is -2.09. The number of halogens is 1. The smallest absolute Gasteiger partial charge is 0.154 e. The van der Waals surface area contributed by atoms with Crippen LogP contribution in [0.1, 0.15) is 39.1 Å². The van der Waals surface area contributed by atoms with Gasteiger partial charge >= 0.3 is 0 Å². The van der Waals surface area contributed by atoms with Gasteiger partial charge in [0.05, 0.1) is 32.5 Å². The lowest BCUT2D eigenvalue weighted by atomic mass is 10.2. The zero-order valence-corrected chi connectivity index (χ0v) is 14.4. The predicted octanol–water partition coefficient (Wildman–Crippen LogP) is 2.44. The number of nitrogens with zero attached hydrogens (tertiary/aromatic N) is 2. The Morgan fingerprint density at radius 1 is 1.28 bits per heavy atom. The first-order valence-corrected chi connectivity index (χ1v) is 9.08. The molecule has 0 atom stereocenters. The second-order valence-corrected chi connectivity index (χ2v) is 8.31. The monoisotopic (exact) mass is 384 g/mol. The van der Waals surface area contributed by atoms with E-state index < -0.39 is 9.84 Å². The highest BCUT2D eigenvalue weighted by molar-refractivity contribution is 14.1. The minimum Gasteiger partial charge on any atom is -0.267 e. The van der Waals surface area contributed by atoms with E-state index in [1.54, 1.807) is 13.8 Å². The molecule has 4 nitrogen and oxygen atoms in total. The van der Waals surface area contributed by atoms with Gasteiger partial charge in [0.15, 0.2) is 9.84 Å².